The van der Waals surface area contributed by atoms with Crippen LogP contribution in [0.1, 0.15) is 42.5 Å². The number of thioether (sulfide) groups is 2. The zero-order valence-electron chi connectivity index (χ0n) is 15.4. The van der Waals surface area contributed by atoms with Crippen molar-refractivity contribution in [2.75, 3.05) is 18.1 Å². The fraction of sp³-hybridized carbons (Fsp3) is 0.261. The molecule has 3 heterocycles. The van der Waals surface area contributed by atoms with Crippen LogP contribution in [0.25, 0.3) is 0 Å². The number of carbonyl (C=O) groups excluding carboxylic acids is 1. The monoisotopic (exact) mass is 423 g/mol. The van der Waals surface area contributed by atoms with E-state index in [0.717, 1.165) is 18.5 Å². The summed E-state index contributed by atoms with van der Waals surface area (Å²) in [5, 5.41) is 2.15. The van der Waals surface area contributed by atoms with Gasteiger partial charge >= 0.3 is 0 Å². The van der Waals surface area contributed by atoms with Gasteiger partial charge in [-0.3, -0.25) is 4.79 Å². The van der Waals surface area contributed by atoms with Crippen molar-refractivity contribution in [2.45, 2.75) is 17.0 Å². The van der Waals surface area contributed by atoms with E-state index in [1.54, 1.807) is 11.3 Å². The summed E-state index contributed by atoms with van der Waals surface area (Å²) in [6, 6.07) is 20.9. The molecule has 1 unspecified atom stereocenters. The molecule has 0 aliphatic carbocycles. The molecule has 1 saturated heterocycles. The van der Waals surface area contributed by atoms with E-state index in [9.17, 15) is 4.79 Å². The molecule has 0 bridgehead atoms. The van der Waals surface area contributed by atoms with Gasteiger partial charge in [0.15, 0.2) is 0 Å². The molecule has 2 nitrogen and oxygen atoms in total. The van der Waals surface area contributed by atoms with Gasteiger partial charge < -0.3 is 4.90 Å². The van der Waals surface area contributed by atoms with Gasteiger partial charge in [-0.1, -0.05) is 42.5 Å². The van der Waals surface area contributed by atoms with Crippen molar-refractivity contribution in [3.8, 4) is 0 Å². The minimum atomic E-state index is 0.00400. The topological polar surface area (TPSA) is 20.3 Å². The summed E-state index contributed by atoms with van der Waals surface area (Å²) >= 11 is 5.80. The smallest absolute Gasteiger partial charge is 0.254 e. The zero-order chi connectivity index (χ0) is 18.9. The first kappa shape index (κ1) is 18.3. The maximum absolute atomic E-state index is 13.5. The average Bonchev–Trinajstić information content (AvgIpc) is 3.45. The first-order chi connectivity index (χ1) is 13.8. The lowest BCUT2D eigenvalue weighted by Crippen LogP contribution is -2.40. The molecule has 5 heteroatoms. The van der Waals surface area contributed by atoms with Crippen LogP contribution in [0.15, 0.2) is 66.0 Å². The summed E-state index contributed by atoms with van der Waals surface area (Å²) in [4.78, 5) is 16.9. The van der Waals surface area contributed by atoms with Gasteiger partial charge in [0, 0.05) is 28.5 Å². The molecule has 1 aromatic heterocycles. The highest BCUT2D eigenvalue weighted by atomic mass is 32.2. The van der Waals surface area contributed by atoms with E-state index in [4.69, 9.17) is 0 Å². The Morgan fingerprint density at radius 1 is 0.893 bits per heavy atom. The van der Waals surface area contributed by atoms with Crippen LogP contribution in [0.4, 0.5) is 0 Å². The molecule has 0 spiro atoms. The third-order valence-corrected chi connectivity index (χ3v) is 9.49. The van der Waals surface area contributed by atoms with Crippen LogP contribution in [0.2, 0.25) is 0 Å². The second-order valence-corrected chi connectivity index (χ2v) is 10.8. The minimum Gasteiger partial charge on any atom is -0.327 e. The van der Waals surface area contributed by atoms with Crippen molar-refractivity contribution in [3.63, 3.8) is 0 Å². The summed E-state index contributed by atoms with van der Waals surface area (Å²) in [5.74, 6) is 2.56. The van der Waals surface area contributed by atoms with Crippen molar-refractivity contribution in [1.29, 1.82) is 0 Å². The predicted molar refractivity (Wildman–Crippen MR) is 121 cm³/mol. The molecular formula is C23H21NOS3. The van der Waals surface area contributed by atoms with Crippen LogP contribution in [0.3, 0.4) is 0 Å². The number of hydrogen-bond donors (Lipinski definition) is 0. The summed E-state index contributed by atoms with van der Waals surface area (Å²) in [6.45, 7) is 0.766. The van der Waals surface area contributed by atoms with Gasteiger partial charge in [0.05, 0.1) is 10.6 Å². The Morgan fingerprint density at radius 2 is 1.64 bits per heavy atom. The number of carbonyl (C=O) groups is 1. The lowest BCUT2D eigenvalue weighted by Gasteiger charge is -2.36. The van der Waals surface area contributed by atoms with E-state index in [1.165, 1.54) is 33.1 Å². The third-order valence-electron chi connectivity index (χ3n) is 5.39. The number of rotatable bonds is 3. The van der Waals surface area contributed by atoms with Gasteiger partial charge in [-0.2, -0.15) is 0 Å². The molecule has 3 aromatic rings. The van der Waals surface area contributed by atoms with E-state index >= 15 is 0 Å². The normalized spacial score (nSPS) is 19.6. The molecule has 1 amide bonds. The number of benzene rings is 2. The lowest BCUT2D eigenvalue weighted by molar-refractivity contribution is 0.0696. The Labute approximate surface area is 178 Å². The maximum Gasteiger partial charge on any atom is 0.254 e. The fourth-order valence-corrected chi connectivity index (χ4v) is 7.79. The van der Waals surface area contributed by atoms with Gasteiger partial charge in [0.1, 0.15) is 0 Å². The number of hydrogen-bond acceptors (Lipinski definition) is 4. The molecule has 0 radical (unpaired) electrons. The molecule has 1 fully saturated rings. The Morgan fingerprint density at radius 3 is 2.39 bits per heavy atom. The number of fused-ring (bicyclic) bond motifs is 1. The largest absolute Gasteiger partial charge is 0.327 e. The number of nitrogens with zero attached hydrogens (tertiary/aromatic N) is 1. The van der Waals surface area contributed by atoms with Crippen LogP contribution in [-0.2, 0) is 6.42 Å². The first-order valence-electron chi connectivity index (χ1n) is 9.56. The van der Waals surface area contributed by atoms with Crippen molar-refractivity contribution in [2.24, 2.45) is 0 Å². The maximum atomic E-state index is 13.5. The summed E-state index contributed by atoms with van der Waals surface area (Å²) < 4.78 is 0.518. The Balaban J connectivity index is 1.46. The van der Waals surface area contributed by atoms with Gasteiger partial charge in [-0.05, 0) is 46.7 Å². The van der Waals surface area contributed by atoms with Crippen LogP contribution < -0.4 is 0 Å². The highest BCUT2D eigenvalue weighted by Gasteiger charge is 2.33. The third kappa shape index (κ3) is 3.40. The summed E-state index contributed by atoms with van der Waals surface area (Å²) in [7, 11) is 0. The summed E-state index contributed by atoms with van der Waals surface area (Å²) in [5.41, 5.74) is 4.58. The second-order valence-electron chi connectivity index (χ2n) is 7.06. The van der Waals surface area contributed by atoms with Crippen molar-refractivity contribution in [1.82, 2.24) is 4.90 Å². The standard InChI is InChI=1S/C23H21NOS3/c25-22(17-6-8-18(9-7-17)23-27-14-15-28-23)24-12-10-20-19(11-13-26-20)21(24)16-4-2-1-3-5-16/h1-9,11,13,21,23H,10,12,14-15H2. The zero-order valence-corrected chi connectivity index (χ0v) is 17.9. The van der Waals surface area contributed by atoms with E-state index in [-0.39, 0.29) is 11.9 Å². The molecule has 0 saturated carbocycles. The highest BCUT2D eigenvalue weighted by Crippen LogP contribution is 2.45. The number of amides is 1. The lowest BCUT2D eigenvalue weighted by atomic mass is 9.92. The Bertz CT molecular complexity index is 961. The molecular weight excluding hydrogens is 402 g/mol. The van der Waals surface area contributed by atoms with Crippen LogP contribution in [0, 0.1) is 0 Å². The molecule has 2 aliphatic heterocycles. The van der Waals surface area contributed by atoms with Gasteiger partial charge in [0.25, 0.3) is 5.91 Å². The van der Waals surface area contributed by atoms with Gasteiger partial charge in [-0.15, -0.1) is 34.9 Å². The van der Waals surface area contributed by atoms with E-state index in [0.29, 0.717) is 4.58 Å². The van der Waals surface area contributed by atoms with Crippen LogP contribution >= 0.6 is 34.9 Å². The average molecular weight is 424 g/mol. The fourth-order valence-electron chi connectivity index (χ4n) is 4.03. The molecule has 0 N–H and O–H groups in total. The van der Waals surface area contributed by atoms with Gasteiger partial charge in [-0.25, -0.2) is 0 Å². The van der Waals surface area contributed by atoms with Crippen molar-refractivity contribution in [3.05, 3.63) is 93.2 Å². The molecule has 5 rings (SSSR count). The van der Waals surface area contributed by atoms with E-state index in [1.807, 2.05) is 41.7 Å². The highest BCUT2D eigenvalue weighted by molar-refractivity contribution is 8.19. The van der Waals surface area contributed by atoms with Crippen molar-refractivity contribution < 1.29 is 4.79 Å². The molecule has 28 heavy (non-hydrogen) atoms. The van der Waals surface area contributed by atoms with Crippen molar-refractivity contribution >= 4 is 40.8 Å². The SMILES string of the molecule is O=C(c1ccc(C2SCCS2)cc1)N1CCc2sccc2C1c1ccccc1. The van der Waals surface area contributed by atoms with E-state index < -0.39 is 0 Å². The molecule has 2 aliphatic rings. The predicted octanol–water partition coefficient (Wildman–Crippen LogP) is 6.01. The summed E-state index contributed by atoms with van der Waals surface area (Å²) in [6.07, 6.45) is 0.940. The molecule has 2 aromatic carbocycles. The van der Waals surface area contributed by atoms with Crippen LogP contribution in [-0.4, -0.2) is 28.9 Å². The minimum absolute atomic E-state index is 0.00400. The molecule has 142 valence electrons. The Hall–Kier alpha value is -1.69. The second kappa shape index (κ2) is 7.97. The number of thiophene rings is 1. The molecule has 1 atom stereocenters. The van der Waals surface area contributed by atoms with Crippen LogP contribution in [0.5, 0.6) is 0 Å². The van der Waals surface area contributed by atoms with E-state index in [2.05, 4.69) is 52.7 Å². The Kier molecular flexibility index (Phi) is 5.22. The quantitative estimate of drug-likeness (QED) is 0.514. The van der Waals surface area contributed by atoms with Gasteiger partial charge in [0.2, 0.25) is 0 Å². The first-order valence-corrected chi connectivity index (χ1v) is 12.5.